The first-order chi connectivity index (χ1) is 9.50. The van der Waals surface area contributed by atoms with E-state index in [4.69, 9.17) is 10.5 Å². The number of amides is 3. The topological polar surface area (TPSA) is 122 Å². The van der Waals surface area contributed by atoms with Crippen molar-refractivity contribution < 1.29 is 24.2 Å². The second-order valence-corrected chi connectivity index (χ2v) is 6.17. The maximum atomic E-state index is 12.4. The van der Waals surface area contributed by atoms with Crippen LogP contribution in [-0.4, -0.2) is 59.3 Å². The highest BCUT2D eigenvalue weighted by molar-refractivity contribution is 5.87. The second-order valence-electron chi connectivity index (χ2n) is 6.17. The Kier molecular flexibility index (Phi) is 4.83. The Balaban J connectivity index is 2.88. The van der Waals surface area contributed by atoms with Crippen molar-refractivity contribution in [3.8, 4) is 0 Å². The van der Waals surface area contributed by atoms with Crippen molar-refractivity contribution in [1.29, 1.82) is 0 Å². The van der Waals surface area contributed by atoms with Crippen LogP contribution in [-0.2, 0) is 14.3 Å². The zero-order valence-corrected chi connectivity index (χ0v) is 12.8. The molecule has 0 radical (unpaired) electrons. The number of ether oxygens (including phenoxy) is 1. The third-order valence-corrected chi connectivity index (χ3v) is 4.23. The van der Waals surface area contributed by atoms with Crippen LogP contribution in [0, 0.1) is 5.41 Å². The van der Waals surface area contributed by atoms with Gasteiger partial charge in [-0.05, 0) is 27.7 Å². The van der Waals surface area contributed by atoms with Crippen LogP contribution in [0.2, 0.25) is 0 Å². The summed E-state index contributed by atoms with van der Waals surface area (Å²) in [6.45, 7) is 6.88. The molecule has 1 saturated heterocycles. The third-order valence-electron chi connectivity index (χ3n) is 4.23. The van der Waals surface area contributed by atoms with E-state index in [1.54, 1.807) is 13.8 Å². The zero-order valence-electron chi connectivity index (χ0n) is 12.8. The number of carboxylic acid groups (broad SMARTS) is 1. The molecule has 120 valence electrons. The van der Waals surface area contributed by atoms with Gasteiger partial charge in [0.1, 0.15) is 6.04 Å². The van der Waals surface area contributed by atoms with E-state index < -0.39 is 34.9 Å². The molecule has 1 aliphatic rings. The fourth-order valence-corrected chi connectivity index (χ4v) is 1.85. The predicted octanol–water partition coefficient (Wildman–Crippen LogP) is -0.228. The molecule has 3 amide bonds. The average molecular weight is 301 g/mol. The van der Waals surface area contributed by atoms with Crippen molar-refractivity contribution >= 4 is 17.9 Å². The molecule has 0 saturated carbocycles. The van der Waals surface area contributed by atoms with E-state index in [0.717, 1.165) is 0 Å². The SMILES string of the molecule is CC(C)(NC(=O)N1CCOCC1C(N)=O)C(C)(C)C(=O)O. The largest absolute Gasteiger partial charge is 0.481 e. The number of nitrogens with zero attached hydrogens (tertiary/aromatic N) is 1. The van der Waals surface area contributed by atoms with Crippen molar-refractivity contribution in [3.63, 3.8) is 0 Å². The highest BCUT2D eigenvalue weighted by atomic mass is 16.5. The van der Waals surface area contributed by atoms with Crippen LogP contribution in [0.4, 0.5) is 4.79 Å². The molecule has 1 unspecified atom stereocenters. The molecule has 1 atom stereocenters. The molecule has 0 aromatic carbocycles. The molecule has 1 aliphatic heterocycles. The fraction of sp³-hybridized carbons (Fsp3) is 0.769. The summed E-state index contributed by atoms with van der Waals surface area (Å²) in [4.78, 5) is 36.3. The van der Waals surface area contributed by atoms with Crippen LogP contribution in [0.3, 0.4) is 0 Å². The van der Waals surface area contributed by atoms with E-state index in [0.29, 0.717) is 6.61 Å². The maximum Gasteiger partial charge on any atom is 0.318 e. The molecule has 1 rings (SSSR count). The highest BCUT2D eigenvalue weighted by Crippen LogP contribution is 2.31. The number of carbonyl (C=O) groups is 3. The highest BCUT2D eigenvalue weighted by Gasteiger charge is 2.45. The summed E-state index contributed by atoms with van der Waals surface area (Å²) in [5, 5.41) is 12.0. The van der Waals surface area contributed by atoms with Crippen LogP contribution in [0.25, 0.3) is 0 Å². The molecule has 4 N–H and O–H groups in total. The maximum absolute atomic E-state index is 12.4. The number of urea groups is 1. The van der Waals surface area contributed by atoms with Gasteiger partial charge in [0.2, 0.25) is 5.91 Å². The van der Waals surface area contributed by atoms with Gasteiger partial charge in [-0.25, -0.2) is 4.79 Å². The number of nitrogens with one attached hydrogen (secondary N) is 1. The summed E-state index contributed by atoms with van der Waals surface area (Å²) >= 11 is 0. The van der Waals surface area contributed by atoms with Crippen molar-refractivity contribution in [2.45, 2.75) is 39.3 Å². The van der Waals surface area contributed by atoms with E-state index in [1.807, 2.05) is 0 Å². The molecule has 0 spiro atoms. The Labute approximate surface area is 123 Å². The summed E-state index contributed by atoms with van der Waals surface area (Å²) in [7, 11) is 0. The summed E-state index contributed by atoms with van der Waals surface area (Å²) in [5.41, 5.74) is 3.06. The minimum atomic E-state index is -1.18. The van der Waals surface area contributed by atoms with Gasteiger partial charge in [-0.15, -0.1) is 0 Å². The van der Waals surface area contributed by atoms with Crippen LogP contribution in [0.5, 0.6) is 0 Å². The first-order valence-corrected chi connectivity index (χ1v) is 6.70. The molecule has 8 heteroatoms. The van der Waals surface area contributed by atoms with Crippen LogP contribution in [0.15, 0.2) is 0 Å². The number of hydrogen-bond acceptors (Lipinski definition) is 4. The molecule has 8 nitrogen and oxygen atoms in total. The molecule has 0 bridgehead atoms. The number of carbonyl (C=O) groups excluding carboxylic acids is 2. The molecular formula is C13H23N3O5. The van der Waals surface area contributed by atoms with Gasteiger partial charge < -0.3 is 25.8 Å². The van der Waals surface area contributed by atoms with Crippen molar-refractivity contribution in [1.82, 2.24) is 10.2 Å². The number of aliphatic carboxylic acids is 1. The van der Waals surface area contributed by atoms with Gasteiger partial charge in [0.15, 0.2) is 0 Å². The van der Waals surface area contributed by atoms with Gasteiger partial charge in [-0.2, -0.15) is 0 Å². The lowest BCUT2D eigenvalue weighted by Crippen LogP contribution is -2.64. The molecule has 1 fully saturated rings. The molecular weight excluding hydrogens is 278 g/mol. The molecule has 1 heterocycles. The normalized spacial score (nSPS) is 20.0. The lowest BCUT2D eigenvalue weighted by molar-refractivity contribution is -0.151. The summed E-state index contributed by atoms with van der Waals surface area (Å²) in [5.74, 6) is -1.68. The lowest BCUT2D eigenvalue weighted by atomic mass is 9.74. The predicted molar refractivity (Wildman–Crippen MR) is 74.5 cm³/mol. The number of hydrogen-bond donors (Lipinski definition) is 3. The van der Waals surface area contributed by atoms with E-state index in [1.165, 1.54) is 18.7 Å². The lowest BCUT2D eigenvalue weighted by Gasteiger charge is -2.42. The number of rotatable bonds is 4. The fourth-order valence-electron chi connectivity index (χ4n) is 1.85. The minimum Gasteiger partial charge on any atom is -0.481 e. The Hall–Kier alpha value is -1.83. The number of morpholine rings is 1. The minimum absolute atomic E-state index is 0.0471. The second kappa shape index (κ2) is 5.88. The van der Waals surface area contributed by atoms with Crippen LogP contribution >= 0.6 is 0 Å². The Morgan fingerprint density at radius 2 is 1.86 bits per heavy atom. The van der Waals surface area contributed by atoms with E-state index >= 15 is 0 Å². The van der Waals surface area contributed by atoms with Crippen LogP contribution in [0.1, 0.15) is 27.7 Å². The van der Waals surface area contributed by atoms with Gasteiger partial charge in [-0.3, -0.25) is 9.59 Å². The smallest absolute Gasteiger partial charge is 0.318 e. The average Bonchev–Trinajstić information content (AvgIpc) is 2.37. The Bertz CT molecular complexity index is 447. The number of nitrogens with two attached hydrogens (primary N) is 1. The van der Waals surface area contributed by atoms with Crippen molar-refractivity contribution in [3.05, 3.63) is 0 Å². The van der Waals surface area contributed by atoms with Gasteiger partial charge in [0.25, 0.3) is 0 Å². The van der Waals surface area contributed by atoms with Crippen LogP contribution < -0.4 is 11.1 Å². The quantitative estimate of drug-likeness (QED) is 0.662. The van der Waals surface area contributed by atoms with Gasteiger partial charge in [0, 0.05) is 6.54 Å². The Morgan fingerprint density at radius 3 is 2.33 bits per heavy atom. The molecule has 0 aromatic rings. The summed E-state index contributed by atoms with van der Waals surface area (Å²) in [6, 6.07) is -1.37. The first kappa shape index (κ1) is 17.2. The van der Waals surface area contributed by atoms with Gasteiger partial charge in [-0.1, -0.05) is 0 Å². The number of primary amides is 1. The molecule has 0 aliphatic carbocycles. The summed E-state index contributed by atoms with van der Waals surface area (Å²) < 4.78 is 5.14. The van der Waals surface area contributed by atoms with E-state index in [-0.39, 0.29) is 13.2 Å². The van der Waals surface area contributed by atoms with Crippen molar-refractivity contribution in [2.75, 3.05) is 19.8 Å². The monoisotopic (exact) mass is 301 g/mol. The van der Waals surface area contributed by atoms with E-state index in [9.17, 15) is 19.5 Å². The number of carboxylic acids is 1. The third kappa shape index (κ3) is 3.44. The molecule has 21 heavy (non-hydrogen) atoms. The van der Waals surface area contributed by atoms with Crippen molar-refractivity contribution in [2.24, 2.45) is 11.1 Å². The standard InChI is InChI=1S/C13H23N3O5/c1-12(2,10(18)19)13(3,4)15-11(20)16-5-6-21-7-8(16)9(14)17/h8H,5-7H2,1-4H3,(H2,14,17)(H,15,20)(H,18,19). The zero-order chi connectivity index (χ0) is 16.4. The van der Waals surface area contributed by atoms with Gasteiger partial charge in [0.05, 0.1) is 24.2 Å². The Morgan fingerprint density at radius 1 is 1.29 bits per heavy atom. The first-order valence-electron chi connectivity index (χ1n) is 6.70. The van der Waals surface area contributed by atoms with E-state index in [2.05, 4.69) is 5.32 Å². The van der Waals surface area contributed by atoms with Gasteiger partial charge >= 0.3 is 12.0 Å². The molecule has 0 aromatic heterocycles. The summed E-state index contributed by atoms with van der Waals surface area (Å²) in [6.07, 6.45) is 0.